The van der Waals surface area contributed by atoms with Crippen LogP contribution in [0.4, 0.5) is 9.18 Å². The van der Waals surface area contributed by atoms with Gasteiger partial charge in [0.1, 0.15) is 29.4 Å². The normalized spacial score (nSPS) is 14.1. The Labute approximate surface area is 200 Å². The molecule has 0 aliphatic heterocycles. The van der Waals surface area contributed by atoms with Crippen LogP contribution in [0.2, 0.25) is 0 Å². The zero-order chi connectivity index (χ0) is 25.5. The lowest BCUT2D eigenvalue weighted by Crippen LogP contribution is -2.60. The maximum absolute atomic E-state index is 13.5. The average molecular weight is 476 g/mol. The molecule has 2 aromatic carbocycles. The Morgan fingerprint density at radius 2 is 1.68 bits per heavy atom. The van der Waals surface area contributed by atoms with Gasteiger partial charge >= 0.3 is 12.1 Å². The van der Waals surface area contributed by atoms with Gasteiger partial charge in [0.15, 0.2) is 0 Å². The van der Waals surface area contributed by atoms with Crippen molar-refractivity contribution in [2.75, 3.05) is 20.4 Å². The molecule has 0 saturated carbocycles. The van der Waals surface area contributed by atoms with Gasteiger partial charge < -0.3 is 19.3 Å². The molecule has 1 N–H and O–H groups in total. The van der Waals surface area contributed by atoms with Crippen molar-refractivity contribution in [1.29, 1.82) is 0 Å². The second-order valence-corrected chi connectivity index (χ2v) is 9.26. The van der Waals surface area contributed by atoms with Crippen molar-refractivity contribution in [1.82, 2.24) is 4.90 Å². The number of phenols is 1. The van der Waals surface area contributed by atoms with Crippen molar-refractivity contribution in [2.24, 2.45) is 0 Å². The Morgan fingerprint density at radius 3 is 2.24 bits per heavy atom. The third-order valence-electron chi connectivity index (χ3n) is 5.66. The van der Waals surface area contributed by atoms with E-state index in [4.69, 9.17) is 14.2 Å². The van der Waals surface area contributed by atoms with Gasteiger partial charge in [0.05, 0.1) is 6.61 Å². The van der Waals surface area contributed by atoms with Crippen LogP contribution in [0.25, 0.3) is 0 Å². The highest BCUT2D eigenvalue weighted by Crippen LogP contribution is 2.36. The molecule has 0 aliphatic carbocycles. The van der Waals surface area contributed by atoms with Crippen LogP contribution in [0, 0.1) is 5.82 Å². The van der Waals surface area contributed by atoms with E-state index in [1.54, 1.807) is 71.0 Å². The van der Waals surface area contributed by atoms with E-state index in [1.165, 1.54) is 24.1 Å². The largest absolute Gasteiger partial charge is 0.508 e. The van der Waals surface area contributed by atoms with Gasteiger partial charge in [-0.15, -0.1) is 0 Å². The summed E-state index contributed by atoms with van der Waals surface area (Å²) in [6.45, 7) is 8.25. The summed E-state index contributed by atoms with van der Waals surface area (Å²) in [7, 11) is 1.41. The van der Waals surface area contributed by atoms with E-state index in [-0.39, 0.29) is 25.5 Å². The number of hydrogen-bond donors (Lipinski definition) is 1. The summed E-state index contributed by atoms with van der Waals surface area (Å²) < 4.78 is 30.0. The number of para-hydroxylation sites is 1. The maximum atomic E-state index is 13.5. The Balaban J connectivity index is 2.39. The van der Waals surface area contributed by atoms with Crippen LogP contribution in [0.5, 0.6) is 5.75 Å². The zero-order valence-electron chi connectivity index (χ0n) is 20.6. The first-order valence-corrected chi connectivity index (χ1v) is 11.1. The van der Waals surface area contributed by atoms with Crippen LogP contribution in [0.15, 0.2) is 48.5 Å². The van der Waals surface area contributed by atoms with Gasteiger partial charge in [-0.3, -0.25) is 4.90 Å². The van der Waals surface area contributed by atoms with Crippen molar-refractivity contribution in [2.45, 2.75) is 58.1 Å². The molecule has 0 saturated heterocycles. The summed E-state index contributed by atoms with van der Waals surface area (Å²) in [5.74, 6) is -1.59. The molecule has 8 heteroatoms. The molecule has 186 valence electrons. The van der Waals surface area contributed by atoms with E-state index in [9.17, 15) is 19.1 Å². The van der Waals surface area contributed by atoms with Gasteiger partial charge in [0, 0.05) is 19.4 Å². The van der Waals surface area contributed by atoms with E-state index >= 15 is 0 Å². The molecule has 0 spiro atoms. The second-order valence-electron chi connectivity index (χ2n) is 9.26. The van der Waals surface area contributed by atoms with Gasteiger partial charge in [-0.1, -0.05) is 37.3 Å². The number of benzene rings is 2. The smallest absolute Gasteiger partial charge is 0.413 e. The monoisotopic (exact) mass is 475 g/mol. The number of methoxy groups -OCH3 is 1. The van der Waals surface area contributed by atoms with Gasteiger partial charge in [0.25, 0.3) is 0 Å². The number of phenolic OH excluding ortho intramolecular Hbond substituents is 1. The molecule has 34 heavy (non-hydrogen) atoms. The van der Waals surface area contributed by atoms with Crippen LogP contribution in [0.1, 0.15) is 51.7 Å². The third-order valence-corrected chi connectivity index (χ3v) is 5.66. The van der Waals surface area contributed by atoms with E-state index in [0.29, 0.717) is 11.1 Å². The minimum Gasteiger partial charge on any atom is -0.508 e. The van der Waals surface area contributed by atoms with Crippen LogP contribution in [-0.2, 0) is 25.4 Å². The summed E-state index contributed by atoms with van der Waals surface area (Å²) in [6, 6.07) is 12.5. The highest BCUT2D eigenvalue weighted by Gasteiger charge is 2.50. The number of aromatic hydroxyl groups is 1. The van der Waals surface area contributed by atoms with E-state index in [0.717, 1.165) is 0 Å². The molecule has 0 heterocycles. The number of carbonyl (C=O) groups excluding carboxylic acids is 2. The molecule has 0 fully saturated rings. The molecule has 1 unspecified atom stereocenters. The van der Waals surface area contributed by atoms with Crippen molar-refractivity contribution in [3.8, 4) is 5.75 Å². The highest BCUT2D eigenvalue weighted by molar-refractivity contribution is 5.87. The molecule has 0 radical (unpaired) electrons. The fraction of sp³-hybridized carbons (Fsp3) is 0.462. The van der Waals surface area contributed by atoms with Gasteiger partial charge in [-0.2, -0.15) is 0 Å². The average Bonchev–Trinajstić information content (AvgIpc) is 2.77. The number of hydrogen-bond acceptors (Lipinski definition) is 6. The first-order valence-electron chi connectivity index (χ1n) is 11.1. The Hall–Kier alpha value is -3.13. The molecular formula is C26H34FNO6. The Kier molecular flexibility index (Phi) is 9.04. The van der Waals surface area contributed by atoms with E-state index < -0.39 is 34.9 Å². The minimum absolute atomic E-state index is 0.0166. The molecule has 2 rings (SSSR count). The van der Waals surface area contributed by atoms with E-state index in [1.807, 2.05) is 0 Å². The van der Waals surface area contributed by atoms with Gasteiger partial charge in [0.2, 0.25) is 0 Å². The first kappa shape index (κ1) is 27.1. The zero-order valence-corrected chi connectivity index (χ0v) is 20.6. The molecular weight excluding hydrogens is 441 g/mol. The van der Waals surface area contributed by atoms with Crippen LogP contribution < -0.4 is 0 Å². The Bertz CT molecular complexity index is 972. The number of nitrogens with zero attached hydrogens (tertiary/aromatic N) is 1. The second kappa shape index (κ2) is 11.3. The molecule has 7 nitrogen and oxygen atoms in total. The maximum Gasteiger partial charge on any atom is 0.413 e. The quantitative estimate of drug-likeness (QED) is 0.405. The number of amides is 1. The highest BCUT2D eigenvalue weighted by atomic mass is 19.1. The van der Waals surface area contributed by atoms with Crippen LogP contribution >= 0.6 is 0 Å². The lowest BCUT2D eigenvalue weighted by atomic mass is 9.80. The number of ether oxygens (including phenoxy) is 3. The molecule has 2 aromatic rings. The number of halogens is 1. The van der Waals surface area contributed by atoms with Crippen molar-refractivity contribution < 1.29 is 33.3 Å². The molecule has 1 amide bonds. The molecule has 0 aromatic heterocycles. The minimum atomic E-state index is -1.55. The topological polar surface area (TPSA) is 85.3 Å². The number of esters is 1. The predicted octanol–water partition coefficient (Wildman–Crippen LogP) is 5.02. The summed E-state index contributed by atoms with van der Waals surface area (Å²) in [4.78, 5) is 27.9. The van der Waals surface area contributed by atoms with Crippen molar-refractivity contribution >= 4 is 12.1 Å². The van der Waals surface area contributed by atoms with Crippen molar-refractivity contribution in [3.63, 3.8) is 0 Å². The number of rotatable bonds is 9. The fourth-order valence-corrected chi connectivity index (χ4v) is 3.54. The van der Waals surface area contributed by atoms with Crippen LogP contribution in [-0.4, -0.2) is 53.7 Å². The molecule has 2 atom stereocenters. The predicted molar refractivity (Wildman–Crippen MR) is 126 cm³/mol. The summed E-state index contributed by atoms with van der Waals surface area (Å²) >= 11 is 0. The Morgan fingerprint density at radius 1 is 1.06 bits per heavy atom. The fourth-order valence-electron chi connectivity index (χ4n) is 3.54. The molecule has 0 aliphatic rings. The van der Waals surface area contributed by atoms with Gasteiger partial charge in [-0.05, 0) is 57.0 Å². The summed E-state index contributed by atoms with van der Waals surface area (Å²) in [5, 5.41) is 9.98. The SMILES string of the molecule is COCN(C(=O)OC(C)(C)C)[C@](C)(C(=O)OCCc1ccccc1O)C(C)c1ccc(F)cc1. The van der Waals surface area contributed by atoms with E-state index in [2.05, 4.69) is 0 Å². The number of carbonyl (C=O) groups is 2. The van der Waals surface area contributed by atoms with Crippen molar-refractivity contribution in [3.05, 3.63) is 65.5 Å². The first-order chi connectivity index (χ1) is 15.9. The standard InChI is InChI=1S/C26H34FNO6/c1-18(19-11-13-21(27)14-12-19)26(5,28(17-32-6)24(31)34-25(2,3)4)23(30)33-16-15-20-9-7-8-10-22(20)29/h7-14,18,29H,15-17H2,1-6H3/t18?,26-/m0/s1. The van der Waals surface area contributed by atoms with Crippen LogP contribution in [0.3, 0.4) is 0 Å². The lowest BCUT2D eigenvalue weighted by Gasteiger charge is -2.43. The lowest BCUT2D eigenvalue weighted by molar-refractivity contribution is -0.162. The summed E-state index contributed by atoms with van der Waals surface area (Å²) in [6.07, 6.45) is -0.459. The third kappa shape index (κ3) is 6.70. The molecule has 0 bridgehead atoms. The summed E-state index contributed by atoms with van der Waals surface area (Å²) in [5.41, 5.74) is -1.09. The van der Waals surface area contributed by atoms with Gasteiger partial charge in [-0.25, -0.2) is 14.0 Å².